The predicted octanol–water partition coefficient (Wildman–Crippen LogP) is 6.66. The maximum absolute atomic E-state index is 14.0. The second-order valence-electron chi connectivity index (χ2n) is 9.99. The molecule has 1 atom stereocenters. The third-order valence-corrected chi connectivity index (χ3v) is 9.08. The molecule has 5 aromatic rings. The van der Waals surface area contributed by atoms with E-state index in [1.165, 1.54) is 28.0 Å². The zero-order valence-electron chi connectivity index (χ0n) is 21.6. The SMILES string of the molecule is O=c1/c(=C\c2ccc(OCc3ccccc3)c(Br)c2)sc2n1[C@H](c1ccccc1)C1=C(N=2)c2ccccc2CC1. The van der Waals surface area contributed by atoms with Gasteiger partial charge in [0.05, 0.1) is 20.7 Å². The summed E-state index contributed by atoms with van der Waals surface area (Å²) in [5.74, 6) is 0.762. The van der Waals surface area contributed by atoms with Crippen molar-refractivity contribution in [3.8, 4) is 5.75 Å². The Balaban J connectivity index is 1.30. The van der Waals surface area contributed by atoms with Gasteiger partial charge < -0.3 is 4.74 Å². The number of rotatable bonds is 5. The highest BCUT2D eigenvalue weighted by Gasteiger charge is 2.32. The molecular weight excluding hydrogens is 580 g/mol. The summed E-state index contributed by atoms with van der Waals surface area (Å²) in [7, 11) is 0. The molecule has 0 spiro atoms. The van der Waals surface area contributed by atoms with E-state index >= 15 is 0 Å². The summed E-state index contributed by atoms with van der Waals surface area (Å²) in [5.41, 5.74) is 7.86. The van der Waals surface area contributed by atoms with Crippen LogP contribution in [0.5, 0.6) is 5.75 Å². The van der Waals surface area contributed by atoms with Gasteiger partial charge in [-0.05, 0) is 74.8 Å². The van der Waals surface area contributed by atoms with Gasteiger partial charge in [-0.25, -0.2) is 4.99 Å². The van der Waals surface area contributed by atoms with Crippen LogP contribution in [0.15, 0.2) is 123 Å². The third kappa shape index (κ3) is 4.57. The molecule has 2 aliphatic rings. The molecule has 0 unspecified atom stereocenters. The van der Waals surface area contributed by atoms with Crippen molar-refractivity contribution in [1.82, 2.24) is 4.57 Å². The van der Waals surface area contributed by atoms with E-state index in [0.29, 0.717) is 11.1 Å². The Morgan fingerprint density at radius 3 is 2.48 bits per heavy atom. The highest BCUT2D eigenvalue weighted by Crippen LogP contribution is 2.41. The Labute approximate surface area is 244 Å². The molecule has 0 fully saturated rings. The van der Waals surface area contributed by atoms with Gasteiger partial charge in [0.2, 0.25) is 0 Å². The van der Waals surface area contributed by atoms with Gasteiger partial charge in [0.15, 0.2) is 4.80 Å². The predicted molar refractivity (Wildman–Crippen MR) is 164 cm³/mol. The molecule has 4 aromatic carbocycles. The van der Waals surface area contributed by atoms with E-state index in [1.54, 1.807) is 0 Å². The van der Waals surface area contributed by atoms with Crippen molar-refractivity contribution in [1.29, 1.82) is 0 Å². The lowest BCUT2D eigenvalue weighted by molar-refractivity contribution is 0.304. The van der Waals surface area contributed by atoms with Crippen LogP contribution in [0.1, 0.15) is 40.3 Å². The lowest BCUT2D eigenvalue weighted by atomic mass is 9.83. The van der Waals surface area contributed by atoms with Crippen molar-refractivity contribution in [3.05, 3.63) is 161 Å². The number of aromatic nitrogens is 1. The van der Waals surface area contributed by atoms with E-state index in [2.05, 4.69) is 52.3 Å². The Morgan fingerprint density at radius 2 is 1.68 bits per heavy atom. The average molecular weight is 606 g/mol. The minimum atomic E-state index is -0.163. The van der Waals surface area contributed by atoms with Gasteiger partial charge in [-0.2, -0.15) is 0 Å². The summed E-state index contributed by atoms with van der Waals surface area (Å²) >= 11 is 5.11. The Hall–Kier alpha value is -4.00. The number of hydrogen-bond donors (Lipinski definition) is 0. The van der Waals surface area contributed by atoms with Crippen molar-refractivity contribution >= 4 is 39.0 Å². The Kier molecular flexibility index (Phi) is 6.58. The number of hydrogen-bond acceptors (Lipinski definition) is 4. The Morgan fingerprint density at radius 1 is 0.925 bits per heavy atom. The average Bonchev–Trinajstić information content (AvgIpc) is 3.30. The van der Waals surface area contributed by atoms with Gasteiger partial charge >= 0.3 is 0 Å². The van der Waals surface area contributed by atoms with E-state index in [1.807, 2.05) is 77.4 Å². The number of thiazole rings is 1. The van der Waals surface area contributed by atoms with Crippen LogP contribution in [-0.4, -0.2) is 4.57 Å². The Bertz CT molecular complexity index is 1940. The zero-order valence-corrected chi connectivity index (χ0v) is 24.0. The molecule has 0 saturated carbocycles. The fraction of sp³-hybridized carbons (Fsp3) is 0.118. The van der Waals surface area contributed by atoms with Crippen LogP contribution < -0.4 is 19.6 Å². The molecule has 196 valence electrons. The van der Waals surface area contributed by atoms with Crippen LogP contribution in [0, 0.1) is 0 Å². The number of nitrogens with zero attached hydrogens (tertiary/aromatic N) is 2. The van der Waals surface area contributed by atoms with Crippen LogP contribution in [-0.2, 0) is 13.0 Å². The fourth-order valence-electron chi connectivity index (χ4n) is 5.57. The standard InChI is InChI=1S/C34H25BrN2O2S/c35-28-19-23(15-18-29(28)39-21-22-9-3-1-4-10-22)20-30-33(38)37-32(25-12-5-2-6-13-25)27-17-16-24-11-7-8-14-26(24)31(27)36-34(37)40-30/h1-15,18-20,32H,16-17,21H2/b30-20+/t32-/m1/s1. The molecule has 0 saturated heterocycles. The molecule has 0 radical (unpaired) electrons. The molecule has 4 nitrogen and oxygen atoms in total. The van der Waals surface area contributed by atoms with Crippen LogP contribution >= 0.6 is 27.3 Å². The maximum Gasteiger partial charge on any atom is 0.271 e. The fourth-order valence-corrected chi connectivity index (χ4v) is 7.08. The van der Waals surface area contributed by atoms with Crippen molar-refractivity contribution in [2.45, 2.75) is 25.5 Å². The van der Waals surface area contributed by atoms with E-state index in [-0.39, 0.29) is 11.6 Å². The minimum Gasteiger partial charge on any atom is -0.488 e. The van der Waals surface area contributed by atoms with E-state index < -0.39 is 0 Å². The summed E-state index contributed by atoms with van der Waals surface area (Å²) < 4.78 is 9.42. The number of ether oxygens (including phenoxy) is 1. The first-order chi connectivity index (χ1) is 19.7. The van der Waals surface area contributed by atoms with E-state index in [9.17, 15) is 4.79 Å². The van der Waals surface area contributed by atoms with Crippen LogP contribution in [0.25, 0.3) is 11.8 Å². The maximum atomic E-state index is 14.0. The first kappa shape index (κ1) is 25.0. The normalized spacial score (nSPS) is 16.1. The number of benzene rings is 4. The third-order valence-electron chi connectivity index (χ3n) is 7.48. The summed E-state index contributed by atoms with van der Waals surface area (Å²) in [5, 5.41) is 0. The van der Waals surface area contributed by atoms with E-state index in [4.69, 9.17) is 9.73 Å². The molecule has 2 heterocycles. The molecule has 40 heavy (non-hydrogen) atoms. The van der Waals surface area contributed by atoms with Crippen molar-refractivity contribution < 1.29 is 4.74 Å². The first-order valence-electron chi connectivity index (χ1n) is 13.3. The summed E-state index contributed by atoms with van der Waals surface area (Å²) in [6.45, 7) is 0.491. The number of halogens is 1. The van der Waals surface area contributed by atoms with Crippen molar-refractivity contribution in [3.63, 3.8) is 0 Å². The van der Waals surface area contributed by atoms with Gasteiger partial charge in [-0.15, -0.1) is 0 Å². The first-order valence-corrected chi connectivity index (χ1v) is 14.9. The van der Waals surface area contributed by atoms with Crippen LogP contribution in [0.2, 0.25) is 0 Å². The molecule has 0 bridgehead atoms. The molecule has 1 aromatic heterocycles. The molecule has 0 amide bonds. The number of allylic oxidation sites excluding steroid dienone is 1. The summed E-state index contributed by atoms with van der Waals surface area (Å²) in [6.07, 6.45) is 3.79. The van der Waals surface area contributed by atoms with Crippen LogP contribution in [0.4, 0.5) is 0 Å². The highest BCUT2D eigenvalue weighted by molar-refractivity contribution is 9.10. The highest BCUT2D eigenvalue weighted by atomic mass is 79.9. The van der Waals surface area contributed by atoms with Crippen LogP contribution in [0.3, 0.4) is 0 Å². The van der Waals surface area contributed by atoms with E-state index in [0.717, 1.165) is 50.3 Å². The molecule has 1 aliphatic carbocycles. The molecule has 0 N–H and O–H groups in total. The molecule has 7 rings (SSSR count). The second-order valence-corrected chi connectivity index (χ2v) is 11.9. The van der Waals surface area contributed by atoms with Gasteiger partial charge in [0, 0.05) is 5.56 Å². The largest absolute Gasteiger partial charge is 0.488 e. The molecule has 6 heteroatoms. The van der Waals surface area contributed by atoms with Gasteiger partial charge in [0.25, 0.3) is 5.56 Å². The van der Waals surface area contributed by atoms with Crippen molar-refractivity contribution in [2.24, 2.45) is 4.99 Å². The monoisotopic (exact) mass is 604 g/mol. The van der Waals surface area contributed by atoms with Gasteiger partial charge in [-0.1, -0.05) is 102 Å². The van der Waals surface area contributed by atoms with Crippen molar-refractivity contribution in [2.75, 3.05) is 0 Å². The molecular formula is C34H25BrN2O2S. The molecule has 1 aliphatic heterocycles. The summed E-state index contributed by atoms with van der Waals surface area (Å²) in [4.78, 5) is 19.8. The van der Waals surface area contributed by atoms with Gasteiger partial charge in [0.1, 0.15) is 12.4 Å². The number of aryl methyl sites for hydroxylation is 1. The van der Waals surface area contributed by atoms with Gasteiger partial charge in [-0.3, -0.25) is 9.36 Å². The lowest BCUT2D eigenvalue weighted by Gasteiger charge is -2.30. The topological polar surface area (TPSA) is 43.6 Å². The minimum absolute atomic E-state index is 0.0106. The second kappa shape index (κ2) is 10.5. The smallest absolute Gasteiger partial charge is 0.271 e. The quantitative estimate of drug-likeness (QED) is 0.225. The lowest BCUT2D eigenvalue weighted by Crippen LogP contribution is -2.38. The summed E-state index contributed by atoms with van der Waals surface area (Å²) in [6, 6.07) is 34.7. The number of fused-ring (bicyclic) bond motifs is 3. The zero-order chi connectivity index (χ0) is 27.1.